The zero-order chi connectivity index (χ0) is 15.0. The first-order chi connectivity index (χ1) is 10.0. The van der Waals surface area contributed by atoms with Crippen molar-refractivity contribution in [3.8, 4) is 0 Å². The maximum atomic E-state index is 11.8. The summed E-state index contributed by atoms with van der Waals surface area (Å²) in [4.78, 5) is 23.9. The van der Waals surface area contributed by atoms with Gasteiger partial charge in [0.05, 0.1) is 22.0 Å². The summed E-state index contributed by atoms with van der Waals surface area (Å²) in [5, 5.41) is 13.7. The number of amides is 1. The van der Waals surface area contributed by atoms with Crippen LogP contribution in [0.4, 0.5) is 28.4 Å². The number of carbonyl (C=O) groups is 1. The molecule has 0 bridgehead atoms. The second kappa shape index (κ2) is 4.78. The number of nitrogen functional groups attached to an aromatic ring is 1. The van der Waals surface area contributed by atoms with E-state index in [1.807, 2.05) is 18.2 Å². The summed E-state index contributed by atoms with van der Waals surface area (Å²) < 4.78 is 0. The van der Waals surface area contributed by atoms with E-state index in [0.29, 0.717) is 11.4 Å². The first-order valence-corrected chi connectivity index (χ1v) is 6.26. The SMILES string of the molecule is Nc1cc(N2CC(=O)Nc3ccccc32)cc([N+](=O)[O-])c1. The number of fused-ring (bicyclic) bond motifs is 1. The van der Waals surface area contributed by atoms with Crippen molar-refractivity contribution in [2.24, 2.45) is 0 Å². The smallest absolute Gasteiger partial charge is 0.273 e. The average Bonchev–Trinajstić information content (AvgIpc) is 2.45. The third-order valence-corrected chi connectivity index (χ3v) is 3.22. The fourth-order valence-corrected chi connectivity index (χ4v) is 2.34. The summed E-state index contributed by atoms with van der Waals surface area (Å²) in [5.41, 5.74) is 7.86. The molecule has 1 heterocycles. The standard InChI is InChI=1S/C14H12N4O3/c15-9-5-10(7-11(6-9)18(20)21)17-8-14(19)16-12-3-1-2-4-13(12)17/h1-7H,8,15H2,(H,16,19). The molecule has 7 nitrogen and oxygen atoms in total. The van der Waals surface area contributed by atoms with Gasteiger partial charge in [-0.15, -0.1) is 0 Å². The number of nitro groups is 1. The van der Waals surface area contributed by atoms with Crippen LogP contribution in [0.2, 0.25) is 0 Å². The minimum Gasteiger partial charge on any atom is -0.398 e. The van der Waals surface area contributed by atoms with Crippen LogP contribution in [0.5, 0.6) is 0 Å². The van der Waals surface area contributed by atoms with Crippen molar-refractivity contribution in [1.29, 1.82) is 0 Å². The predicted molar refractivity (Wildman–Crippen MR) is 79.6 cm³/mol. The van der Waals surface area contributed by atoms with Gasteiger partial charge >= 0.3 is 0 Å². The van der Waals surface area contributed by atoms with Crippen molar-refractivity contribution in [1.82, 2.24) is 0 Å². The van der Waals surface area contributed by atoms with E-state index in [0.717, 1.165) is 5.69 Å². The highest BCUT2D eigenvalue weighted by Crippen LogP contribution is 2.36. The Morgan fingerprint density at radius 3 is 2.76 bits per heavy atom. The Morgan fingerprint density at radius 1 is 1.24 bits per heavy atom. The Labute approximate surface area is 120 Å². The first-order valence-electron chi connectivity index (χ1n) is 6.26. The molecule has 0 saturated carbocycles. The third kappa shape index (κ3) is 2.36. The highest BCUT2D eigenvalue weighted by molar-refractivity contribution is 6.03. The van der Waals surface area contributed by atoms with Crippen molar-refractivity contribution in [2.75, 3.05) is 22.5 Å². The Balaban J connectivity index is 2.12. The lowest BCUT2D eigenvalue weighted by molar-refractivity contribution is -0.384. The molecule has 7 heteroatoms. The Morgan fingerprint density at radius 2 is 2.00 bits per heavy atom. The van der Waals surface area contributed by atoms with Crippen LogP contribution in [0, 0.1) is 10.1 Å². The molecule has 106 valence electrons. The van der Waals surface area contributed by atoms with Crippen LogP contribution in [0.1, 0.15) is 0 Å². The molecular formula is C14H12N4O3. The fourth-order valence-electron chi connectivity index (χ4n) is 2.34. The number of hydrogen-bond donors (Lipinski definition) is 2. The number of nitrogens with zero attached hydrogens (tertiary/aromatic N) is 2. The summed E-state index contributed by atoms with van der Waals surface area (Å²) in [6.45, 7) is 0.0810. The number of benzene rings is 2. The van der Waals surface area contributed by atoms with Crippen molar-refractivity contribution in [3.05, 3.63) is 52.6 Å². The number of anilines is 4. The van der Waals surface area contributed by atoms with Crippen molar-refractivity contribution in [3.63, 3.8) is 0 Å². The molecule has 0 aliphatic carbocycles. The van der Waals surface area contributed by atoms with Crippen LogP contribution < -0.4 is 16.0 Å². The molecular weight excluding hydrogens is 272 g/mol. The highest BCUT2D eigenvalue weighted by Gasteiger charge is 2.24. The Bertz CT molecular complexity index is 745. The van der Waals surface area contributed by atoms with Crippen LogP contribution in [0.3, 0.4) is 0 Å². The predicted octanol–water partition coefficient (Wildman–Crippen LogP) is 2.27. The maximum Gasteiger partial charge on any atom is 0.273 e. The lowest BCUT2D eigenvalue weighted by atomic mass is 10.1. The molecule has 2 aromatic rings. The molecule has 0 radical (unpaired) electrons. The van der Waals surface area contributed by atoms with Gasteiger partial charge in [-0.2, -0.15) is 0 Å². The van der Waals surface area contributed by atoms with Gasteiger partial charge in [0, 0.05) is 17.8 Å². The Kier molecular flexibility index (Phi) is 2.94. The van der Waals surface area contributed by atoms with Crippen LogP contribution in [0.25, 0.3) is 0 Å². The second-order valence-electron chi connectivity index (χ2n) is 4.69. The van der Waals surface area contributed by atoms with Crippen LogP contribution in [-0.4, -0.2) is 17.4 Å². The molecule has 21 heavy (non-hydrogen) atoms. The summed E-state index contributed by atoms with van der Waals surface area (Å²) in [7, 11) is 0. The van der Waals surface area contributed by atoms with Crippen LogP contribution in [-0.2, 0) is 4.79 Å². The minimum atomic E-state index is -0.504. The fraction of sp³-hybridized carbons (Fsp3) is 0.0714. The number of non-ortho nitro benzene ring substituents is 1. The molecule has 0 spiro atoms. The van der Waals surface area contributed by atoms with Gasteiger partial charge in [0.25, 0.3) is 5.69 Å². The molecule has 0 fully saturated rings. The van der Waals surface area contributed by atoms with Crippen LogP contribution >= 0.6 is 0 Å². The van der Waals surface area contributed by atoms with Gasteiger partial charge in [0.1, 0.15) is 6.54 Å². The van der Waals surface area contributed by atoms with Gasteiger partial charge in [-0.3, -0.25) is 14.9 Å². The number of nitrogens with one attached hydrogen (secondary N) is 1. The molecule has 0 atom stereocenters. The van der Waals surface area contributed by atoms with Crippen LogP contribution in [0.15, 0.2) is 42.5 Å². The van der Waals surface area contributed by atoms with Gasteiger partial charge in [-0.05, 0) is 18.2 Å². The number of para-hydroxylation sites is 2. The van der Waals surface area contributed by atoms with Gasteiger partial charge in [-0.25, -0.2) is 0 Å². The lowest BCUT2D eigenvalue weighted by Crippen LogP contribution is -2.35. The van der Waals surface area contributed by atoms with Crippen molar-refractivity contribution >= 4 is 34.3 Å². The van der Waals surface area contributed by atoms with Crippen molar-refractivity contribution in [2.45, 2.75) is 0 Å². The van der Waals surface area contributed by atoms with E-state index in [2.05, 4.69) is 5.32 Å². The third-order valence-electron chi connectivity index (χ3n) is 3.22. The number of carbonyl (C=O) groups excluding carboxylic acids is 1. The zero-order valence-electron chi connectivity index (χ0n) is 10.9. The van der Waals surface area contributed by atoms with E-state index in [-0.39, 0.29) is 23.8 Å². The average molecular weight is 284 g/mol. The van der Waals surface area contributed by atoms with E-state index in [1.165, 1.54) is 12.1 Å². The van der Waals surface area contributed by atoms with Crippen molar-refractivity contribution < 1.29 is 9.72 Å². The second-order valence-corrected chi connectivity index (χ2v) is 4.69. The van der Waals surface area contributed by atoms with Gasteiger partial charge in [0.15, 0.2) is 0 Å². The number of nitrogens with two attached hydrogens (primary N) is 1. The monoisotopic (exact) mass is 284 g/mol. The topological polar surface area (TPSA) is 102 Å². The van der Waals surface area contributed by atoms with E-state index >= 15 is 0 Å². The lowest BCUT2D eigenvalue weighted by Gasteiger charge is -2.30. The largest absolute Gasteiger partial charge is 0.398 e. The summed E-state index contributed by atoms with van der Waals surface area (Å²) in [6, 6.07) is 11.6. The molecule has 1 aliphatic heterocycles. The molecule has 1 aliphatic rings. The molecule has 3 N–H and O–H groups in total. The van der Waals surface area contributed by atoms with E-state index in [1.54, 1.807) is 17.0 Å². The summed E-state index contributed by atoms with van der Waals surface area (Å²) in [6.07, 6.45) is 0. The summed E-state index contributed by atoms with van der Waals surface area (Å²) in [5.74, 6) is -0.182. The highest BCUT2D eigenvalue weighted by atomic mass is 16.6. The normalized spacial score (nSPS) is 13.5. The molecule has 0 saturated heterocycles. The molecule has 1 amide bonds. The number of rotatable bonds is 2. The molecule has 2 aromatic carbocycles. The van der Waals surface area contributed by atoms with Gasteiger partial charge in [0.2, 0.25) is 5.91 Å². The molecule has 3 rings (SSSR count). The Hall–Kier alpha value is -3.09. The maximum absolute atomic E-state index is 11.8. The van der Waals surface area contributed by atoms with Gasteiger partial charge < -0.3 is 16.0 Å². The number of nitro benzene ring substituents is 1. The number of hydrogen-bond acceptors (Lipinski definition) is 5. The molecule has 0 aromatic heterocycles. The first kappa shape index (κ1) is 12.9. The van der Waals surface area contributed by atoms with E-state index < -0.39 is 4.92 Å². The van der Waals surface area contributed by atoms with E-state index in [9.17, 15) is 14.9 Å². The summed E-state index contributed by atoms with van der Waals surface area (Å²) >= 11 is 0. The molecule has 0 unspecified atom stereocenters. The quantitative estimate of drug-likeness (QED) is 0.500. The minimum absolute atomic E-state index is 0.0810. The zero-order valence-corrected chi connectivity index (χ0v) is 10.9. The van der Waals surface area contributed by atoms with E-state index in [4.69, 9.17) is 5.73 Å². The van der Waals surface area contributed by atoms with Gasteiger partial charge in [-0.1, -0.05) is 12.1 Å².